The Morgan fingerprint density at radius 1 is 1.20 bits per heavy atom. The number of halogens is 2. The Hall–Kier alpha value is -1.25. The summed E-state index contributed by atoms with van der Waals surface area (Å²) >= 11 is 11.8. The number of benzene rings is 1. The average Bonchev–Trinajstić information content (AvgIpc) is 2.63. The molecule has 0 aliphatic heterocycles. The molecule has 15 heavy (non-hydrogen) atoms. The fourth-order valence-electron chi connectivity index (χ4n) is 1.38. The first kappa shape index (κ1) is 10.3. The number of hydrogen-bond donors (Lipinski definition) is 1. The molecular formula is C11H8Cl2N2. The topological polar surface area (TPSA) is 28.7 Å². The third-order valence-corrected chi connectivity index (χ3v) is 2.48. The molecule has 0 radical (unpaired) electrons. The quantitative estimate of drug-likeness (QED) is 0.842. The molecule has 1 N–H and O–H groups in total. The number of nitrogens with one attached hydrogen (secondary N) is 1. The van der Waals surface area contributed by atoms with Crippen LogP contribution in [0.25, 0.3) is 17.3 Å². The summed E-state index contributed by atoms with van der Waals surface area (Å²) in [4.78, 5) is 0. The van der Waals surface area contributed by atoms with Crippen molar-refractivity contribution < 1.29 is 0 Å². The molecule has 1 aromatic carbocycles. The SMILES string of the molecule is C=Cc1cn[nH]c1-c1cc(Cl)cc(Cl)c1. The summed E-state index contributed by atoms with van der Waals surface area (Å²) in [5.41, 5.74) is 2.70. The lowest BCUT2D eigenvalue weighted by atomic mass is 10.1. The Balaban J connectivity index is 2.58. The average molecular weight is 239 g/mol. The minimum absolute atomic E-state index is 0.599. The molecule has 0 atom stereocenters. The highest BCUT2D eigenvalue weighted by Crippen LogP contribution is 2.28. The van der Waals surface area contributed by atoms with Gasteiger partial charge in [0.15, 0.2) is 0 Å². The van der Waals surface area contributed by atoms with Gasteiger partial charge in [0.25, 0.3) is 0 Å². The minimum atomic E-state index is 0.599. The Bertz CT molecular complexity index is 483. The standard InChI is InChI=1S/C11H8Cl2N2/c1-2-7-6-14-15-11(7)8-3-9(12)5-10(13)4-8/h2-6H,1H2,(H,14,15). The van der Waals surface area contributed by atoms with E-state index in [1.54, 1.807) is 18.3 Å². The van der Waals surface area contributed by atoms with Crippen LogP contribution in [0.3, 0.4) is 0 Å². The van der Waals surface area contributed by atoms with Crippen molar-refractivity contribution in [3.63, 3.8) is 0 Å². The molecule has 0 amide bonds. The summed E-state index contributed by atoms with van der Waals surface area (Å²) in [6.07, 6.45) is 3.44. The Morgan fingerprint density at radius 3 is 2.47 bits per heavy atom. The molecular weight excluding hydrogens is 231 g/mol. The van der Waals surface area contributed by atoms with Gasteiger partial charge in [0.2, 0.25) is 0 Å². The number of aromatic amines is 1. The molecule has 0 fully saturated rings. The molecule has 0 bridgehead atoms. The summed E-state index contributed by atoms with van der Waals surface area (Å²) in [6, 6.07) is 5.35. The highest BCUT2D eigenvalue weighted by molar-refractivity contribution is 6.35. The van der Waals surface area contributed by atoms with E-state index >= 15 is 0 Å². The number of rotatable bonds is 2. The zero-order valence-corrected chi connectivity index (χ0v) is 9.31. The van der Waals surface area contributed by atoms with E-state index in [2.05, 4.69) is 16.8 Å². The highest BCUT2D eigenvalue weighted by atomic mass is 35.5. The molecule has 0 unspecified atom stereocenters. The van der Waals surface area contributed by atoms with Crippen LogP contribution >= 0.6 is 23.2 Å². The van der Waals surface area contributed by atoms with Crippen LogP contribution in [0.15, 0.2) is 31.0 Å². The molecule has 2 rings (SSSR count). The second-order valence-corrected chi connectivity index (χ2v) is 3.94. The zero-order valence-electron chi connectivity index (χ0n) is 7.80. The smallest absolute Gasteiger partial charge is 0.0723 e. The van der Waals surface area contributed by atoms with Crippen molar-refractivity contribution in [2.75, 3.05) is 0 Å². The maximum absolute atomic E-state index is 5.92. The van der Waals surface area contributed by atoms with Crippen molar-refractivity contribution in [2.24, 2.45) is 0 Å². The lowest BCUT2D eigenvalue weighted by Crippen LogP contribution is -1.81. The second kappa shape index (κ2) is 4.09. The molecule has 2 aromatic rings. The fourth-order valence-corrected chi connectivity index (χ4v) is 1.91. The fraction of sp³-hybridized carbons (Fsp3) is 0. The van der Waals surface area contributed by atoms with Crippen LogP contribution in [0.2, 0.25) is 10.0 Å². The number of nitrogens with zero attached hydrogens (tertiary/aromatic N) is 1. The van der Waals surface area contributed by atoms with Gasteiger partial charge >= 0.3 is 0 Å². The monoisotopic (exact) mass is 238 g/mol. The van der Waals surface area contributed by atoms with Gasteiger partial charge in [-0.15, -0.1) is 0 Å². The molecule has 0 aliphatic rings. The highest BCUT2D eigenvalue weighted by Gasteiger charge is 2.06. The molecule has 0 saturated heterocycles. The van der Waals surface area contributed by atoms with Gasteiger partial charge in [-0.2, -0.15) is 5.10 Å². The Labute approximate surface area is 97.5 Å². The molecule has 0 spiro atoms. The van der Waals surface area contributed by atoms with Crippen molar-refractivity contribution in [2.45, 2.75) is 0 Å². The van der Waals surface area contributed by atoms with Gasteiger partial charge in [-0.3, -0.25) is 5.10 Å². The summed E-state index contributed by atoms with van der Waals surface area (Å²) in [5, 5.41) is 8.03. The van der Waals surface area contributed by atoms with Crippen molar-refractivity contribution >= 4 is 29.3 Å². The first-order chi connectivity index (χ1) is 7.20. The predicted molar refractivity (Wildman–Crippen MR) is 64.1 cm³/mol. The third kappa shape index (κ3) is 2.06. The minimum Gasteiger partial charge on any atom is -0.277 e. The Morgan fingerprint density at radius 2 is 1.87 bits per heavy atom. The van der Waals surface area contributed by atoms with Gasteiger partial charge in [-0.05, 0) is 18.2 Å². The van der Waals surface area contributed by atoms with Gasteiger partial charge < -0.3 is 0 Å². The molecule has 2 nitrogen and oxygen atoms in total. The van der Waals surface area contributed by atoms with E-state index < -0.39 is 0 Å². The third-order valence-electron chi connectivity index (χ3n) is 2.04. The molecule has 1 aromatic heterocycles. The number of aromatic nitrogens is 2. The molecule has 4 heteroatoms. The molecule has 1 heterocycles. The van der Waals surface area contributed by atoms with E-state index in [-0.39, 0.29) is 0 Å². The van der Waals surface area contributed by atoms with Crippen LogP contribution in [-0.2, 0) is 0 Å². The summed E-state index contributed by atoms with van der Waals surface area (Å²) in [5.74, 6) is 0. The normalized spacial score (nSPS) is 10.3. The maximum atomic E-state index is 5.92. The van der Waals surface area contributed by atoms with Crippen LogP contribution < -0.4 is 0 Å². The van der Waals surface area contributed by atoms with Crippen LogP contribution in [0.1, 0.15) is 5.56 Å². The van der Waals surface area contributed by atoms with Crippen molar-refractivity contribution in [1.82, 2.24) is 10.2 Å². The van der Waals surface area contributed by atoms with Crippen molar-refractivity contribution in [3.8, 4) is 11.3 Å². The lowest BCUT2D eigenvalue weighted by Gasteiger charge is -2.01. The van der Waals surface area contributed by atoms with Crippen molar-refractivity contribution in [3.05, 3.63) is 46.6 Å². The predicted octanol–water partition coefficient (Wildman–Crippen LogP) is 4.03. The van der Waals surface area contributed by atoms with Gasteiger partial charge in [-0.25, -0.2) is 0 Å². The largest absolute Gasteiger partial charge is 0.277 e. The van der Waals surface area contributed by atoms with Crippen LogP contribution in [0, 0.1) is 0 Å². The first-order valence-corrected chi connectivity index (χ1v) is 5.08. The van der Waals surface area contributed by atoms with E-state index in [4.69, 9.17) is 23.2 Å². The summed E-state index contributed by atoms with van der Waals surface area (Å²) in [7, 11) is 0. The summed E-state index contributed by atoms with van der Waals surface area (Å²) in [6.45, 7) is 3.71. The maximum Gasteiger partial charge on any atom is 0.0723 e. The number of H-pyrrole nitrogens is 1. The van der Waals surface area contributed by atoms with E-state index in [1.807, 2.05) is 12.1 Å². The van der Waals surface area contributed by atoms with Crippen molar-refractivity contribution in [1.29, 1.82) is 0 Å². The van der Waals surface area contributed by atoms with E-state index in [0.717, 1.165) is 16.8 Å². The second-order valence-electron chi connectivity index (χ2n) is 3.06. The van der Waals surface area contributed by atoms with Gasteiger partial charge in [-0.1, -0.05) is 35.9 Å². The van der Waals surface area contributed by atoms with E-state index in [9.17, 15) is 0 Å². The van der Waals surface area contributed by atoms with E-state index in [1.165, 1.54) is 0 Å². The van der Waals surface area contributed by atoms with Crippen LogP contribution in [0.5, 0.6) is 0 Å². The van der Waals surface area contributed by atoms with Gasteiger partial charge in [0, 0.05) is 21.2 Å². The molecule has 76 valence electrons. The number of hydrogen-bond acceptors (Lipinski definition) is 1. The summed E-state index contributed by atoms with van der Waals surface area (Å²) < 4.78 is 0. The van der Waals surface area contributed by atoms with Crippen LogP contribution in [0.4, 0.5) is 0 Å². The molecule has 0 aliphatic carbocycles. The van der Waals surface area contributed by atoms with Crippen LogP contribution in [-0.4, -0.2) is 10.2 Å². The van der Waals surface area contributed by atoms with E-state index in [0.29, 0.717) is 10.0 Å². The van der Waals surface area contributed by atoms with Gasteiger partial charge in [0.05, 0.1) is 11.9 Å². The molecule has 0 saturated carbocycles. The lowest BCUT2D eigenvalue weighted by molar-refractivity contribution is 1.10. The van der Waals surface area contributed by atoms with Gasteiger partial charge in [0.1, 0.15) is 0 Å². The first-order valence-electron chi connectivity index (χ1n) is 4.33. The Kier molecular flexibility index (Phi) is 2.80. The zero-order chi connectivity index (χ0) is 10.8.